The number of carbonyl (C=O) groups is 1. The maximum Gasteiger partial charge on any atom is 0.335 e. The number of unbranched alkanes of at least 4 members (excludes halogenated alkanes) is 9. The molecule has 3 nitrogen and oxygen atoms in total. The summed E-state index contributed by atoms with van der Waals surface area (Å²) in [7, 11) is 0. The second-order valence-electron chi connectivity index (χ2n) is 6.83. The van der Waals surface area contributed by atoms with Crippen molar-refractivity contribution in [1.82, 2.24) is 4.98 Å². The van der Waals surface area contributed by atoms with Gasteiger partial charge in [0, 0.05) is 16.6 Å². The Morgan fingerprint density at radius 2 is 1.54 bits per heavy atom. The normalized spacial score (nSPS) is 11.2. The van der Waals surface area contributed by atoms with Crippen molar-refractivity contribution in [3.63, 3.8) is 0 Å². The largest absolute Gasteiger partial charge is 0.478 e. The third-order valence-corrected chi connectivity index (χ3v) is 4.72. The van der Waals surface area contributed by atoms with Gasteiger partial charge in [0.2, 0.25) is 0 Å². The Morgan fingerprint density at radius 3 is 2.17 bits per heavy atom. The third kappa shape index (κ3) is 6.03. The van der Waals surface area contributed by atoms with Gasteiger partial charge in [-0.1, -0.05) is 64.7 Å². The van der Waals surface area contributed by atoms with Crippen molar-refractivity contribution >= 4 is 16.9 Å². The van der Waals surface area contributed by atoms with Crippen molar-refractivity contribution in [3.8, 4) is 0 Å². The van der Waals surface area contributed by atoms with Crippen LogP contribution in [-0.4, -0.2) is 16.1 Å². The minimum atomic E-state index is -0.866. The molecule has 132 valence electrons. The number of hydrogen-bond donors (Lipinski definition) is 2. The highest BCUT2D eigenvalue weighted by Crippen LogP contribution is 2.19. The summed E-state index contributed by atoms with van der Waals surface area (Å²) in [5, 5.41) is 10.0. The van der Waals surface area contributed by atoms with Gasteiger partial charge in [-0.2, -0.15) is 0 Å². The van der Waals surface area contributed by atoms with Crippen LogP contribution in [0.25, 0.3) is 10.9 Å². The Labute approximate surface area is 145 Å². The van der Waals surface area contributed by atoms with Gasteiger partial charge < -0.3 is 10.1 Å². The zero-order valence-corrected chi connectivity index (χ0v) is 14.9. The fraction of sp³-hybridized carbons (Fsp3) is 0.571. The number of carboxylic acid groups (broad SMARTS) is 1. The number of rotatable bonds is 12. The zero-order chi connectivity index (χ0) is 17.2. The van der Waals surface area contributed by atoms with E-state index < -0.39 is 5.97 Å². The minimum absolute atomic E-state index is 0.354. The second kappa shape index (κ2) is 10.2. The van der Waals surface area contributed by atoms with E-state index in [4.69, 9.17) is 5.11 Å². The maximum atomic E-state index is 11.0. The molecule has 2 aromatic rings. The van der Waals surface area contributed by atoms with E-state index in [1.165, 1.54) is 69.9 Å². The van der Waals surface area contributed by atoms with E-state index in [0.29, 0.717) is 5.56 Å². The number of aryl methyl sites for hydroxylation is 1. The maximum absolute atomic E-state index is 11.0. The summed E-state index contributed by atoms with van der Waals surface area (Å²) in [5.74, 6) is -0.866. The van der Waals surface area contributed by atoms with Gasteiger partial charge in [-0.25, -0.2) is 4.79 Å². The summed E-state index contributed by atoms with van der Waals surface area (Å²) in [4.78, 5) is 14.4. The molecule has 0 atom stereocenters. The lowest BCUT2D eigenvalue weighted by atomic mass is 10.1. The van der Waals surface area contributed by atoms with Crippen molar-refractivity contribution in [2.45, 2.75) is 77.6 Å². The van der Waals surface area contributed by atoms with Crippen LogP contribution >= 0.6 is 0 Å². The summed E-state index contributed by atoms with van der Waals surface area (Å²) < 4.78 is 0. The molecule has 3 heteroatoms. The van der Waals surface area contributed by atoms with Gasteiger partial charge >= 0.3 is 5.97 Å². The Hall–Kier alpha value is -1.77. The van der Waals surface area contributed by atoms with Gasteiger partial charge in [-0.15, -0.1) is 0 Å². The molecule has 0 saturated heterocycles. The van der Waals surface area contributed by atoms with Crippen molar-refractivity contribution in [2.24, 2.45) is 0 Å². The molecule has 0 aliphatic carbocycles. The molecular weight excluding hydrogens is 298 g/mol. The molecule has 1 aromatic carbocycles. The Kier molecular flexibility index (Phi) is 7.87. The molecule has 0 fully saturated rings. The fourth-order valence-electron chi connectivity index (χ4n) is 3.26. The van der Waals surface area contributed by atoms with Crippen molar-refractivity contribution in [2.75, 3.05) is 0 Å². The Bertz CT molecular complexity index is 630. The lowest BCUT2D eigenvalue weighted by Gasteiger charge is -2.02. The molecule has 0 saturated carbocycles. The van der Waals surface area contributed by atoms with E-state index in [9.17, 15) is 4.79 Å². The molecule has 1 heterocycles. The van der Waals surface area contributed by atoms with E-state index in [0.717, 1.165) is 17.3 Å². The molecule has 2 rings (SSSR count). The highest BCUT2D eigenvalue weighted by Gasteiger charge is 2.06. The quantitative estimate of drug-likeness (QED) is 0.447. The van der Waals surface area contributed by atoms with Crippen molar-refractivity contribution < 1.29 is 9.90 Å². The number of fused-ring (bicyclic) bond motifs is 1. The molecule has 0 unspecified atom stereocenters. The van der Waals surface area contributed by atoms with Gasteiger partial charge in [0.05, 0.1) is 5.56 Å². The molecule has 2 N–H and O–H groups in total. The van der Waals surface area contributed by atoms with Crippen LogP contribution in [0.15, 0.2) is 24.3 Å². The number of nitrogens with one attached hydrogen (secondary N) is 1. The molecule has 0 spiro atoms. The topological polar surface area (TPSA) is 53.1 Å². The van der Waals surface area contributed by atoms with E-state index in [1.807, 2.05) is 6.07 Å². The molecule has 24 heavy (non-hydrogen) atoms. The van der Waals surface area contributed by atoms with E-state index in [2.05, 4.69) is 18.0 Å². The zero-order valence-electron chi connectivity index (χ0n) is 14.9. The van der Waals surface area contributed by atoms with Crippen LogP contribution in [0.2, 0.25) is 0 Å². The summed E-state index contributed by atoms with van der Waals surface area (Å²) >= 11 is 0. The summed E-state index contributed by atoms with van der Waals surface area (Å²) in [6, 6.07) is 7.36. The predicted molar refractivity (Wildman–Crippen MR) is 101 cm³/mol. The van der Waals surface area contributed by atoms with Crippen LogP contribution in [0, 0.1) is 0 Å². The number of carboxylic acids is 1. The lowest BCUT2D eigenvalue weighted by molar-refractivity contribution is 0.0697. The summed E-state index contributed by atoms with van der Waals surface area (Å²) in [5.41, 5.74) is 2.60. The van der Waals surface area contributed by atoms with Gasteiger partial charge in [0.25, 0.3) is 0 Å². The number of H-pyrrole nitrogens is 1. The highest BCUT2D eigenvalue weighted by atomic mass is 16.4. The first kappa shape index (κ1) is 18.6. The van der Waals surface area contributed by atoms with Crippen LogP contribution < -0.4 is 0 Å². The highest BCUT2D eigenvalue weighted by molar-refractivity contribution is 5.93. The molecule has 0 aliphatic rings. The summed E-state index contributed by atoms with van der Waals surface area (Å²) in [6.07, 6.45) is 14.5. The van der Waals surface area contributed by atoms with Crippen LogP contribution in [-0.2, 0) is 6.42 Å². The Balaban J connectivity index is 1.62. The third-order valence-electron chi connectivity index (χ3n) is 4.72. The van der Waals surface area contributed by atoms with Crippen LogP contribution in [0.1, 0.15) is 87.2 Å². The number of aromatic carboxylic acids is 1. The lowest BCUT2D eigenvalue weighted by Crippen LogP contribution is -1.94. The predicted octanol–water partition coefficient (Wildman–Crippen LogP) is 6.33. The average Bonchev–Trinajstić information content (AvgIpc) is 2.98. The monoisotopic (exact) mass is 329 g/mol. The van der Waals surface area contributed by atoms with Crippen molar-refractivity contribution in [1.29, 1.82) is 0 Å². The number of hydrogen-bond acceptors (Lipinski definition) is 1. The molecule has 1 aromatic heterocycles. The first-order valence-electron chi connectivity index (χ1n) is 9.55. The van der Waals surface area contributed by atoms with Crippen LogP contribution in [0.4, 0.5) is 0 Å². The SMILES string of the molecule is CCCCCCCCCCCCc1cc2cc(C(=O)O)ccc2[nH]1. The molecule has 0 bridgehead atoms. The Morgan fingerprint density at radius 1 is 0.917 bits per heavy atom. The number of aromatic amines is 1. The van der Waals surface area contributed by atoms with E-state index in [1.54, 1.807) is 12.1 Å². The standard InChI is InChI=1S/C21H31NO2/c1-2-3-4-5-6-7-8-9-10-11-12-19-16-18-15-17(21(23)24)13-14-20(18)22-19/h13-16,22H,2-12H2,1H3,(H,23,24). The van der Waals surface area contributed by atoms with Gasteiger partial charge in [0.15, 0.2) is 0 Å². The minimum Gasteiger partial charge on any atom is -0.478 e. The first-order valence-corrected chi connectivity index (χ1v) is 9.55. The summed E-state index contributed by atoms with van der Waals surface area (Å²) in [6.45, 7) is 2.26. The molecule has 0 aliphatic heterocycles. The second-order valence-corrected chi connectivity index (χ2v) is 6.83. The van der Waals surface area contributed by atoms with Gasteiger partial charge in [-0.3, -0.25) is 0 Å². The molecular formula is C21H31NO2. The smallest absolute Gasteiger partial charge is 0.335 e. The average molecular weight is 329 g/mol. The number of aromatic nitrogens is 1. The first-order chi connectivity index (χ1) is 11.7. The number of benzene rings is 1. The molecule has 0 radical (unpaired) electrons. The van der Waals surface area contributed by atoms with Gasteiger partial charge in [-0.05, 0) is 37.1 Å². The van der Waals surface area contributed by atoms with Crippen LogP contribution in [0.5, 0.6) is 0 Å². The van der Waals surface area contributed by atoms with E-state index in [-0.39, 0.29) is 0 Å². The van der Waals surface area contributed by atoms with Crippen molar-refractivity contribution in [3.05, 3.63) is 35.5 Å². The van der Waals surface area contributed by atoms with Gasteiger partial charge in [0.1, 0.15) is 0 Å². The fourth-order valence-corrected chi connectivity index (χ4v) is 3.26. The van der Waals surface area contributed by atoms with E-state index >= 15 is 0 Å². The molecule has 0 amide bonds. The van der Waals surface area contributed by atoms with Crippen LogP contribution in [0.3, 0.4) is 0 Å².